The number of benzene rings is 1. The van der Waals surface area contributed by atoms with Crippen LogP contribution >= 0.6 is 11.3 Å². The van der Waals surface area contributed by atoms with Crippen LogP contribution < -0.4 is 5.73 Å². The molecule has 0 bridgehead atoms. The van der Waals surface area contributed by atoms with Crippen molar-refractivity contribution >= 4 is 17.0 Å². The number of nitro benzene ring substituents is 1. The third-order valence-corrected chi connectivity index (χ3v) is 3.58. The van der Waals surface area contributed by atoms with Crippen molar-refractivity contribution in [3.05, 3.63) is 44.8 Å². The maximum atomic E-state index is 10.6. The lowest BCUT2D eigenvalue weighted by Crippen LogP contribution is -1.94. The van der Waals surface area contributed by atoms with Crippen LogP contribution in [0.2, 0.25) is 0 Å². The lowest BCUT2D eigenvalue weighted by molar-refractivity contribution is -0.384. The number of nitrogens with zero attached hydrogens (tertiary/aromatic N) is 4. The van der Waals surface area contributed by atoms with Crippen LogP contribution in [0, 0.1) is 10.1 Å². The van der Waals surface area contributed by atoms with Gasteiger partial charge in [0.1, 0.15) is 10.7 Å². The minimum absolute atomic E-state index is 0.00885. The van der Waals surface area contributed by atoms with Crippen LogP contribution in [0.5, 0.6) is 0 Å². The molecule has 3 aromatic rings. The average Bonchev–Trinajstić information content (AvgIpc) is 3.16. The molecule has 0 spiro atoms. The van der Waals surface area contributed by atoms with Gasteiger partial charge in [0.25, 0.3) is 11.6 Å². The molecule has 0 fully saturated rings. The Labute approximate surface area is 122 Å². The topological polar surface area (TPSA) is 121 Å². The van der Waals surface area contributed by atoms with E-state index in [1.807, 2.05) is 0 Å². The van der Waals surface area contributed by atoms with Gasteiger partial charge in [-0.2, -0.15) is 4.98 Å². The standard InChI is InChI=1S/C12H9N5O3S/c13-5-10-14-9(6-21-10)12-15-11(16-20-12)7-1-3-8(4-2-7)17(18)19/h1-4,6H,5,13H2. The van der Waals surface area contributed by atoms with E-state index < -0.39 is 4.92 Å². The van der Waals surface area contributed by atoms with Gasteiger partial charge in [0.15, 0.2) is 0 Å². The van der Waals surface area contributed by atoms with E-state index in [1.54, 1.807) is 17.5 Å². The van der Waals surface area contributed by atoms with Crippen LogP contribution in [0.1, 0.15) is 5.01 Å². The molecule has 0 aliphatic heterocycles. The predicted octanol–water partition coefficient (Wildman–Crippen LogP) is 2.23. The second-order valence-electron chi connectivity index (χ2n) is 4.06. The molecule has 0 saturated carbocycles. The zero-order valence-corrected chi connectivity index (χ0v) is 11.4. The Morgan fingerprint density at radius 2 is 2.05 bits per heavy atom. The van der Waals surface area contributed by atoms with Crippen LogP contribution in [0.25, 0.3) is 23.0 Å². The summed E-state index contributed by atoms with van der Waals surface area (Å²) in [6.07, 6.45) is 0. The van der Waals surface area contributed by atoms with Gasteiger partial charge in [-0.05, 0) is 12.1 Å². The molecule has 0 unspecified atom stereocenters. The SMILES string of the molecule is NCc1nc(-c2nc(-c3ccc([N+](=O)[O-])cc3)no2)cs1. The number of non-ortho nitro benzene ring substituents is 1. The van der Waals surface area contributed by atoms with Gasteiger partial charge in [0.05, 0.1) is 4.92 Å². The molecule has 2 aromatic heterocycles. The minimum atomic E-state index is -0.463. The number of nitrogens with two attached hydrogens (primary N) is 1. The van der Waals surface area contributed by atoms with Gasteiger partial charge in [-0.3, -0.25) is 10.1 Å². The zero-order chi connectivity index (χ0) is 14.8. The van der Waals surface area contributed by atoms with Crippen LogP contribution in [0.4, 0.5) is 5.69 Å². The maximum Gasteiger partial charge on any atom is 0.277 e. The molecule has 8 nitrogen and oxygen atoms in total. The van der Waals surface area contributed by atoms with Gasteiger partial charge in [-0.1, -0.05) is 5.16 Å². The first-order valence-electron chi connectivity index (χ1n) is 5.91. The summed E-state index contributed by atoms with van der Waals surface area (Å²) in [5.74, 6) is 0.640. The zero-order valence-electron chi connectivity index (χ0n) is 10.6. The summed E-state index contributed by atoms with van der Waals surface area (Å²) in [6.45, 7) is 0.355. The average molecular weight is 303 g/mol. The highest BCUT2D eigenvalue weighted by atomic mass is 32.1. The Kier molecular flexibility index (Phi) is 3.42. The fraction of sp³-hybridized carbons (Fsp3) is 0.0833. The second kappa shape index (κ2) is 5.38. The smallest absolute Gasteiger partial charge is 0.277 e. The van der Waals surface area contributed by atoms with E-state index in [4.69, 9.17) is 10.3 Å². The fourth-order valence-electron chi connectivity index (χ4n) is 1.68. The lowest BCUT2D eigenvalue weighted by atomic mass is 10.2. The Balaban J connectivity index is 1.88. The quantitative estimate of drug-likeness (QED) is 0.579. The number of nitro groups is 1. The van der Waals surface area contributed by atoms with E-state index in [1.165, 1.54) is 23.5 Å². The Morgan fingerprint density at radius 3 is 2.67 bits per heavy atom. The highest BCUT2D eigenvalue weighted by molar-refractivity contribution is 7.09. The molecule has 3 rings (SSSR count). The van der Waals surface area contributed by atoms with Crippen molar-refractivity contribution in [1.29, 1.82) is 0 Å². The van der Waals surface area contributed by atoms with Crippen molar-refractivity contribution in [2.45, 2.75) is 6.54 Å². The van der Waals surface area contributed by atoms with Gasteiger partial charge in [-0.15, -0.1) is 11.3 Å². The molecule has 0 aliphatic carbocycles. The molecule has 0 radical (unpaired) electrons. The lowest BCUT2D eigenvalue weighted by Gasteiger charge is -1.93. The molecular weight excluding hydrogens is 294 g/mol. The molecular formula is C12H9N5O3S. The first-order valence-corrected chi connectivity index (χ1v) is 6.78. The predicted molar refractivity (Wildman–Crippen MR) is 75.4 cm³/mol. The van der Waals surface area contributed by atoms with Crippen molar-refractivity contribution in [2.75, 3.05) is 0 Å². The van der Waals surface area contributed by atoms with E-state index in [2.05, 4.69) is 15.1 Å². The third-order valence-electron chi connectivity index (χ3n) is 2.71. The molecule has 0 aliphatic rings. The summed E-state index contributed by atoms with van der Waals surface area (Å²) in [5, 5.41) is 17.0. The van der Waals surface area contributed by atoms with Crippen LogP contribution in [0.15, 0.2) is 34.2 Å². The number of hydrogen-bond donors (Lipinski definition) is 1. The van der Waals surface area contributed by atoms with E-state index in [0.717, 1.165) is 5.01 Å². The van der Waals surface area contributed by atoms with Crippen molar-refractivity contribution in [2.24, 2.45) is 5.73 Å². The summed E-state index contributed by atoms with van der Waals surface area (Å²) in [4.78, 5) is 18.6. The van der Waals surface area contributed by atoms with E-state index in [9.17, 15) is 10.1 Å². The third kappa shape index (κ3) is 2.64. The first kappa shape index (κ1) is 13.3. The van der Waals surface area contributed by atoms with Crippen LogP contribution in [0.3, 0.4) is 0 Å². The van der Waals surface area contributed by atoms with Gasteiger partial charge < -0.3 is 10.3 Å². The molecule has 0 amide bonds. The van der Waals surface area contributed by atoms with Crippen LogP contribution in [-0.2, 0) is 6.54 Å². The van der Waals surface area contributed by atoms with Crippen molar-refractivity contribution in [3.8, 4) is 23.0 Å². The van der Waals surface area contributed by atoms with Gasteiger partial charge in [-0.25, -0.2) is 4.98 Å². The van der Waals surface area contributed by atoms with E-state index in [0.29, 0.717) is 29.5 Å². The highest BCUT2D eigenvalue weighted by Crippen LogP contribution is 2.24. The minimum Gasteiger partial charge on any atom is -0.332 e. The number of rotatable bonds is 4. The summed E-state index contributed by atoms with van der Waals surface area (Å²) in [5.41, 5.74) is 6.71. The summed E-state index contributed by atoms with van der Waals surface area (Å²) >= 11 is 1.42. The van der Waals surface area contributed by atoms with Gasteiger partial charge >= 0.3 is 0 Å². The van der Waals surface area contributed by atoms with Crippen LogP contribution in [-0.4, -0.2) is 20.0 Å². The summed E-state index contributed by atoms with van der Waals surface area (Å²) in [7, 11) is 0. The number of aromatic nitrogens is 3. The first-order chi connectivity index (χ1) is 10.2. The molecule has 106 valence electrons. The Hall–Kier alpha value is -2.65. The van der Waals surface area contributed by atoms with E-state index >= 15 is 0 Å². The number of hydrogen-bond acceptors (Lipinski definition) is 8. The van der Waals surface area contributed by atoms with Gasteiger partial charge in [0.2, 0.25) is 5.82 Å². The molecule has 2 heterocycles. The maximum absolute atomic E-state index is 10.6. The molecule has 0 saturated heterocycles. The molecule has 1 aromatic carbocycles. The molecule has 2 N–H and O–H groups in total. The summed E-state index contributed by atoms with van der Waals surface area (Å²) in [6, 6.07) is 5.92. The van der Waals surface area contributed by atoms with Crippen molar-refractivity contribution < 1.29 is 9.45 Å². The second-order valence-corrected chi connectivity index (χ2v) is 5.00. The van der Waals surface area contributed by atoms with Crippen molar-refractivity contribution in [1.82, 2.24) is 15.1 Å². The monoisotopic (exact) mass is 303 g/mol. The van der Waals surface area contributed by atoms with Gasteiger partial charge in [0, 0.05) is 29.6 Å². The molecule has 21 heavy (non-hydrogen) atoms. The van der Waals surface area contributed by atoms with E-state index in [-0.39, 0.29) is 5.69 Å². The normalized spacial score (nSPS) is 10.7. The highest BCUT2D eigenvalue weighted by Gasteiger charge is 2.14. The Bertz CT molecular complexity index is 780. The number of thiazole rings is 1. The largest absolute Gasteiger partial charge is 0.332 e. The Morgan fingerprint density at radius 1 is 1.29 bits per heavy atom. The fourth-order valence-corrected chi connectivity index (χ4v) is 2.33. The molecule has 0 atom stereocenters. The van der Waals surface area contributed by atoms with Crippen molar-refractivity contribution in [3.63, 3.8) is 0 Å². The summed E-state index contributed by atoms with van der Waals surface area (Å²) < 4.78 is 5.15. The molecule has 9 heteroatoms.